The molecule has 3 nitrogen and oxygen atoms in total. The molecule has 0 radical (unpaired) electrons. The minimum atomic E-state index is -0.285. The van der Waals surface area contributed by atoms with E-state index in [1.165, 1.54) is 17.7 Å². The van der Waals surface area contributed by atoms with Crippen molar-refractivity contribution in [1.82, 2.24) is 15.3 Å². The summed E-state index contributed by atoms with van der Waals surface area (Å²) in [5.41, 5.74) is 4.08. The van der Waals surface area contributed by atoms with Gasteiger partial charge in [0, 0.05) is 22.3 Å². The van der Waals surface area contributed by atoms with Gasteiger partial charge in [-0.2, -0.15) is 0 Å². The van der Waals surface area contributed by atoms with Crippen molar-refractivity contribution in [2.75, 3.05) is 6.54 Å². The summed E-state index contributed by atoms with van der Waals surface area (Å²) >= 11 is 3.31. The van der Waals surface area contributed by atoms with Crippen LogP contribution in [-0.4, -0.2) is 16.5 Å². The van der Waals surface area contributed by atoms with Crippen molar-refractivity contribution < 1.29 is 4.39 Å². The van der Waals surface area contributed by atoms with Crippen LogP contribution in [-0.2, 0) is 19.4 Å². The zero-order valence-corrected chi connectivity index (χ0v) is 12.8. The second kappa shape index (κ2) is 5.58. The molecule has 104 valence electrons. The smallest absolute Gasteiger partial charge is 0.159 e. The van der Waals surface area contributed by atoms with Gasteiger partial charge in [0.15, 0.2) is 5.82 Å². The highest BCUT2D eigenvalue weighted by Gasteiger charge is 2.17. The molecule has 1 aliphatic heterocycles. The van der Waals surface area contributed by atoms with Crippen molar-refractivity contribution in [3.8, 4) is 11.4 Å². The van der Waals surface area contributed by atoms with Gasteiger partial charge in [0.1, 0.15) is 5.82 Å². The first-order valence-electron chi connectivity index (χ1n) is 6.73. The Morgan fingerprint density at radius 1 is 1.30 bits per heavy atom. The summed E-state index contributed by atoms with van der Waals surface area (Å²) in [7, 11) is 0. The van der Waals surface area contributed by atoms with E-state index in [0.29, 0.717) is 15.9 Å². The van der Waals surface area contributed by atoms with Crippen LogP contribution in [0.4, 0.5) is 4.39 Å². The molecular weight excluding hydrogens is 321 g/mol. The van der Waals surface area contributed by atoms with Gasteiger partial charge in [0.25, 0.3) is 0 Å². The Bertz CT molecular complexity index is 620. The topological polar surface area (TPSA) is 37.8 Å². The molecule has 0 bridgehead atoms. The molecule has 0 amide bonds. The van der Waals surface area contributed by atoms with Crippen LogP contribution in [0.15, 0.2) is 22.7 Å². The van der Waals surface area contributed by atoms with E-state index in [0.717, 1.165) is 37.3 Å². The van der Waals surface area contributed by atoms with Crippen molar-refractivity contribution in [3.63, 3.8) is 0 Å². The number of nitrogens with zero attached hydrogens (tertiary/aromatic N) is 2. The molecule has 2 heterocycles. The highest BCUT2D eigenvalue weighted by molar-refractivity contribution is 9.10. The van der Waals surface area contributed by atoms with Crippen molar-refractivity contribution in [3.05, 3.63) is 45.4 Å². The summed E-state index contributed by atoms with van der Waals surface area (Å²) in [6, 6.07) is 4.76. The van der Waals surface area contributed by atoms with Gasteiger partial charge in [-0.3, -0.25) is 0 Å². The monoisotopic (exact) mass is 335 g/mol. The summed E-state index contributed by atoms with van der Waals surface area (Å²) in [6.07, 6.45) is 1.83. The van der Waals surface area contributed by atoms with Crippen LogP contribution in [0, 0.1) is 5.82 Å². The maximum atomic E-state index is 13.5. The second-order valence-corrected chi connectivity index (χ2v) is 5.77. The van der Waals surface area contributed by atoms with Crippen LogP contribution in [0.5, 0.6) is 0 Å². The Morgan fingerprint density at radius 3 is 2.90 bits per heavy atom. The van der Waals surface area contributed by atoms with Crippen LogP contribution in [0.25, 0.3) is 11.4 Å². The van der Waals surface area contributed by atoms with Crippen LogP contribution >= 0.6 is 15.9 Å². The normalized spacial score (nSPS) is 14.2. The predicted octanol–water partition coefficient (Wildman–Crippen LogP) is 3.25. The zero-order valence-electron chi connectivity index (χ0n) is 11.2. The molecule has 0 unspecified atom stereocenters. The minimum Gasteiger partial charge on any atom is -0.311 e. The number of halogens is 2. The van der Waals surface area contributed by atoms with E-state index < -0.39 is 0 Å². The number of fused-ring (bicyclic) bond motifs is 1. The SMILES string of the molecule is CCc1nc(-c2cc(F)cc(Br)c2)nc2c1CCNC2. The van der Waals surface area contributed by atoms with Crippen molar-refractivity contribution >= 4 is 15.9 Å². The molecule has 0 saturated carbocycles. The molecule has 1 aromatic heterocycles. The predicted molar refractivity (Wildman–Crippen MR) is 79.9 cm³/mol. The average molecular weight is 336 g/mol. The largest absolute Gasteiger partial charge is 0.311 e. The van der Waals surface area contributed by atoms with E-state index in [1.807, 2.05) is 6.07 Å². The second-order valence-electron chi connectivity index (χ2n) is 4.86. The molecule has 1 aromatic carbocycles. The third-order valence-corrected chi connectivity index (χ3v) is 3.94. The Hall–Kier alpha value is -1.33. The summed E-state index contributed by atoms with van der Waals surface area (Å²) in [4.78, 5) is 9.24. The number of hydrogen-bond donors (Lipinski definition) is 1. The zero-order chi connectivity index (χ0) is 14.1. The molecule has 0 saturated heterocycles. The van der Waals surface area contributed by atoms with Crippen LogP contribution in [0.2, 0.25) is 0 Å². The molecule has 0 atom stereocenters. The van der Waals surface area contributed by atoms with E-state index in [9.17, 15) is 4.39 Å². The van der Waals surface area contributed by atoms with Crippen LogP contribution < -0.4 is 5.32 Å². The van der Waals surface area contributed by atoms with Crippen LogP contribution in [0.1, 0.15) is 23.9 Å². The first-order chi connectivity index (χ1) is 9.67. The fourth-order valence-corrected chi connectivity index (χ4v) is 3.01. The molecule has 0 spiro atoms. The summed E-state index contributed by atoms with van der Waals surface area (Å²) in [5, 5.41) is 3.32. The lowest BCUT2D eigenvalue weighted by Crippen LogP contribution is -2.26. The number of benzene rings is 1. The van der Waals surface area contributed by atoms with Gasteiger partial charge in [-0.15, -0.1) is 0 Å². The number of aromatic nitrogens is 2. The maximum absolute atomic E-state index is 13.5. The highest BCUT2D eigenvalue weighted by Crippen LogP contribution is 2.25. The van der Waals surface area contributed by atoms with Crippen molar-refractivity contribution in [2.24, 2.45) is 0 Å². The first kappa shape index (κ1) is 13.6. The number of aryl methyl sites for hydroxylation is 1. The van der Waals surface area contributed by atoms with Gasteiger partial charge >= 0.3 is 0 Å². The molecule has 0 aliphatic carbocycles. The van der Waals surface area contributed by atoms with E-state index in [1.54, 1.807) is 0 Å². The molecule has 1 aliphatic rings. The summed E-state index contributed by atoms with van der Waals surface area (Å²) in [6.45, 7) is 3.82. The van der Waals surface area contributed by atoms with E-state index >= 15 is 0 Å². The van der Waals surface area contributed by atoms with Gasteiger partial charge in [-0.05, 0) is 43.1 Å². The molecule has 1 N–H and O–H groups in total. The fourth-order valence-electron chi connectivity index (χ4n) is 2.54. The number of rotatable bonds is 2. The van der Waals surface area contributed by atoms with Crippen molar-refractivity contribution in [2.45, 2.75) is 26.3 Å². The molecule has 20 heavy (non-hydrogen) atoms. The molecule has 5 heteroatoms. The van der Waals surface area contributed by atoms with Gasteiger partial charge in [0.2, 0.25) is 0 Å². The van der Waals surface area contributed by atoms with E-state index in [-0.39, 0.29) is 5.82 Å². The minimum absolute atomic E-state index is 0.285. The molecule has 0 fully saturated rings. The highest BCUT2D eigenvalue weighted by atomic mass is 79.9. The lowest BCUT2D eigenvalue weighted by atomic mass is 10.0. The lowest BCUT2D eigenvalue weighted by molar-refractivity contribution is 0.616. The van der Waals surface area contributed by atoms with Crippen LogP contribution in [0.3, 0.4) is 0 Å². The standard InChI is InChI=1S/C15H15BrFN3/c1-2-13-12-3-4-18-8-14(12)20-15(19-13)9-5-10(16)7-11(17)6-9/h5-7,18H,2-4,8H2,1H3. The first-order valence-corrected chi connectivity index (χ1v) is 7.52. The van der Waals surface area contributed by atoms with Gasteiger partial charge in [-0.25, -0.2) is 14.4 Å². The Kier molecular flexibility index (Phi) is 3.81. The van der Waals surface area contributed by atoms with E-state index in [2.05, 4.69) is 38.1 Å². The van der Waals surface area contributed by atoms with Gasteiger partial charge < -0.3 is 5.32 Å². The number of hydrogen-bond acceptors (Lipinski definition) is 3. The van der Waals surface area contributed by atoms with Crippen molar-refractivity contribution in [1.29, 1.82) is 0 Å². The van der Waals surface area contributed by atoms with Gasteiger partial charge in [-0.1, -0.05) is 22.9 Å². The lowest BCUT2D eigenvalue weighted by Gasteiger charge is -2.19. The number of nitrogens with one attached hydrogen (secondary N) is 1. The Balaban J connectivity index is 2.14. The fraction of sp³-hybridized carbons (Fsp3) is 0.333. The molecular formula is C15H15BrFN3. The Morgan fingerprint density at radius 2 is 2.15 bits per heavy atom. The maximum Gasteiger partial charge on any atom is 0.159 e. The Labute approximate surface area is 125 Å². The molecule has 3 rings (SSSR count). The van der Waals surface area contributed by atoms with E-state index in [4.69, 9.17) is 0 Å². The molecule has 2 aromatic rings. The third kappa shape index (κ3) is 2.60. The summed E-state index contributed by atoms with van der Waals surface area (Å²) in [5.74, 6) is 0.316. The quantitative estimate of drug-likeness (QED) is 0.915. The average Bonchev–Trinajstić information content (AvgIpc) is 2.45. The third-order valence-electron chi connectivity index (χ3n) is 3.48. The summed E-state index contributed by atoms with van der Waals surface area (Å²) < 4.78 is 14.2. The van der Waals surface area contributed by atoms with Gasteiger partial charge in [0.05, 0.1) is 5.69 Å².